The van der Waals surface area contributed by atoms with Crippen LogP contribution in [0.5, 0.6) is 5.88 Å². The van der Waals surface area contributed by atoms with E-state index < -0.39 is 0 Å². The highest BCUT2D eigenvalue weighted by Gasteiger charge is 2.29. The summed E-state index contributed by atoms with van der Waals surface area (Å²) in [6.07, 6.45) is 7.33. The van der Waals surface area contributed by atoms with Gasteiger partial charge in [0.2, 0.25) is 11.8 Å². The maximum absolute atomic E-state index is 13.3. The summed E-state index contributed by atoms with van der Waals surface area (Å²) in [6.45, 7) is 11.5. The molecule has 2 atom stereocenters. The SMILES string of the molecule is CCOc1nn(C)cc1Cc1ncc(C)c(C2=CCc3c(NC(=O)[C@H](C)N4CCN(C)[C@@H](C)C4)cccc32)n1. The van der Waals surface area contributed by atoms with Crippen LogP contribution in [-0.2, 0) is 24.7 Å². The van der Waals surface area contributed by atoms with Crippen LogP contribution in [0.2, 0.25) is 0 Å². The van der Waals surface area contributed by atoms with Crippen LogP contribution in [0.25, 0.3) is 5.57 Å². The number of likely N-dealkylation sites (N-methyl/N-ethyl adjacent to an activating group) is 1. The minimum absolute atomic E-state index is 0.0377. The Balaban J connectivity index is 1.35. The van der Waals surface area contributed by atoms with Crippen molar-refractivity contribution >= 4 is 17.2 Å². The number of piperazine rings is 1. The van der Waals surface area contributed by atoms with Crippen molar-refractivity contribution in [3.63, 3.8) is 0 Å². The zero-order valence-corrected chi connectivity index (χ0v) is 23.9. The smallest absolute Gasteiger partial charge is 0.241 e. The molecule has 1 aliphatic heterocycles. The van der Waals surface area contributed by atoms with Gasteiger partial charge in [-0.3, -0.25) is 14.4 Å². The molecule has 2 aromatic heterocycles. The van der Waals surface area contributed by atoms with Crippen LogP contribution < -0.4 is 10.1 Å². The summed E-state index contributed by atoms with van der Waals surface area (Å²) in [6, 6.07) is 6.38. The van der Waals surface area contributed by atoms with Crippen molar-refractivity contribution in [2.45, 2.75) is 52.6 Å². The molecule has 39 heavy (non-hydrogen) atoms. The van der Waals surface area contributed by atoms with Crippen molar-refractivity contribution in [3.8, 4) is 5.88 Å². The van der Waals surface area contributed by atoms with Gasteiger partial charge in [0.15, 0.2) is 0 Å². The number of aryl methyl sites for hydroxylation is 2. The molecule has 2 aliphatic rings. The number of nitrogens with zero attached hydrogens (tertiary/aromatic N) is 6. The summed E-state index contributed by atoms with van der Waals surface area (Å²) >= 11 is 0. The van der Waals surface area contributed by atoms with Crippen LogP contribution in [0, 0.1) is 6.92 Å². The van der Waals surface area contributed by atoms with E-state index in [9.17, 15) is 4.79 Å². The van der Waals surface area contributed by atoms with Gasteiger partial charge in [-0.05, 0) is 63.9 Å². The van der Waals surface area contributed by atoms with Gasteiger partial charge in [-0.15, -0.1) is 5.10 Å². The predicted molar refractivity (Wildman–Crippen MR) is 153 cm³/mol. The van der Waals surface area contributed by atoms with Crippen molar-refractivity contribution in [2.75, 3.05) is 38.6 Å². The summed E-state index contributed by atoms with van der Waals surface area (Å²) in [5.74, 6) is 1.38. The van der Waals surface area contributed by atoms with E-state index in [1.165, 1.54) is 0 Å². The van der Waals surface area contributed by atoms with Gasteiger partial charge < -0.3 is 15.0 Å². The van der Waals surface area contributed by atoms with E-state index in [2.05, 4.69) is 51.3 Å². The monoisotopic (exact) mass is 529 g/mol. The van der Waals surface area contributed by atoms with Gasteiger partial charge >= 0.3 is 0 Å². The number of fused-ring (bicyclic) bond motifs is 1. The minimum Gasteiger partial charge on any atom is -0.477 e. The molecule has 3 aromatic rings. The molecule has 1 saturated heterocycles. The van der Waals surface area contributed by atoms with E-state index in [0.717, 1.165) is 71.1 Å². The number of benzene rings is 1. The maximum atomic E-state index is 13.3. The van der Waals surface area contributed by atoms with Crippen LogP contribution in [-0.4, -0.2) is 80.8 Å². The number of carbonyl (C=O) groups is 1. The quantitative estimate of drug-likeness (QED) is 0.478. The van der Waals surface area contributed by atoms with Crippen molar-refractivity contribution in [3.05, 3.63) is 70.4 Å². The summed E-state index contributed by atoms with van der Waals surface area (Å²) < 4.78 is 7.46. The number of carbonyl (C=O) groups excluding carboxylic acids is 1. The minimum atomic E-state index is -0.188. The molecule has 5 rings (SSSR count). The molecule has 1 aliphatic carbocycles. The second-order valence-corrected chi connectivity index (χ2v) is 10.7. The van der Waals surface area contributed by atoms with Gasteiger partial charge in [0, 0.05) is 68.4 Å². The molecule has 0 unspecified atom stereocenters. The van der Waals surface area contributed by atoms with E-state index >= 15 is 0 Å². The Morgan fingerprint density at radius 1 is 1.26 bits per heavy atom. The molecule has 0 spiro atoms. The average Bonchev–Trinajstić information content (AvgIpc) is 3.50. The lowest BCUT2D eigenvalue weighted by atomic mass is 9.99. The van der Waals surface area contributed by atoms with Gasteiger partial charge in [-0.25, -0.2) is 9.97 Å². The molecular weight excluding hydrogens is 490 g/mol. The normalized spacial score (nSPS) is 18.5. The maximum Gasteiger partial charge on any atom is 0.241 e. The van der Waals surface area contributed by atoms with Crippen LogP contribution in [0.4, 0.5) is 5.69 Å². The van der Waals surface area contributed by atoms with Crippen LogP contribution in [0.1, 0.15) is 54.5 Å². The molecule has 1 N–H and O–H groups in total. The summed E-state index contributed by atoms with van der Waals surface area (Å²) in [5.41, 5.74) is 7.10. The molecular formula is C30H39N7O2. The first kappa shape index (κ1) is 27.0. The summed E-state index contributed by atoms with van der Waals surface area (Å²) in [5, 5.41) is 7.65. The third kappa shape index (κ3) is 5.60. The Kier molecular flexibility index (Phi) is 7.81. The molecule has 1 aromatic carbocycles. The number of amides is 1. The first-order valence-corrected chi connectivity index (χ1v) is 13.8. The Morgan fingerprint density at radius 2 is 2.08 bits per heavy atom. The lowest BCUT2D eigenvalue weighted by Gasteiger charge is -2.40. The van der Waals surface area contributed by atoms with Crippen molar-refractivity contribution in [1.29, 1.82) is 0 Å². The Morgan fingerprint density at radius 3 is 2.85 bits per heavy atom. The number of allylic oxidation sites excluding steroid dienone is 1. The molecule has 0 bridgehead atoms. The number of nitrogens with one attached hydrogen (secondary N) is 1. The summed E-state index contributed by atoms with van der Waals surface area (Å²) in [7, 11) is 4.03. The Hall–Kier alpha value is -3.56. The second-order valence-electron chi connectivity index (χ2n) is 10.7. The van der Waals surface area contributed by atoms with E-state index in [-0.39, 0.29) is 11.9 Å². The fourth-order valence-electron chi connectivity index (χ4n) is 5.45. The number of anilines is 1. The van der Waals surface area contributed by atoms with Crippen molar-refractivity contribution in [1.82, 2.24) is 29.5 Å². The molecule has 3 heterocycles. The Labute approximate surface area is 230 Å². The van der Waals surface area contributed by atoms with Gasteiger partial charge in [-0.2, -0.15) is 0 Å². The Bertz CT molecular complexity index is 1400. The van der Waals surface area contributed by atoms with Gasteiger partial charge in [0.1, 0.15) is 5.82 Å². The number of hydrogen-bond donors (Lipinski definition) is 1. The fourth-order valence-corrected chi connectivity index (χ4v) is 5.45. The standard InChI is InChI=1S/C30H39N7O2/c1-7-39-30-22(18-36(6)34-30)15-27-31-16-19(2)28(33-27)25-12-11-24-23(25)9-8-10-26(24)32-29(38)21(4)37-14-13-35(5)20(3)17-37/h8-10,12,16,18,20-21H,7,11,13-15,17H2,1-6H3,(H,32,38)/t20-,21-/m0/s1. The lowest BCUT2D eigenvalue weighted by Crippen LogP contribution is -2.55. The largest absolute Gasteiger partial charge is 0.477 e. The molecule has 9 nitrogen and oxygen atoms in total. The van der Waals surface area contributed by atoms with Crippen LogP contribution in [0.3, 0.4) is 0 Å². The van der Waals surface area contributed by atoms with Gasteiger partial charge in [-0.1, -0.05) is 18.2 Å². The highest BCUT2D eigenvalue weighted by molar-refractivity contribution is 5.97. The highest BCUT2D eigenvalue weighted by Crippen LogP contribution is 2.37. The van der Waals surface area contributed by atoms with Crippen LogP contribution >= 0.6 is 0 Å². The molecule has 1 amide bonds. The number of rotatable bonds is 8. The lowest BCUT2D eigenvalue weighted by molar-refractivity contribution is -0.121. The molecule has 1 fully saturated rings. The highest BCUT2D eigenvalue weighted by atomic mass is 16.5. The first-order valence-electron chi connectivity index (χ1n) is 13.8. The summed E-state index contributed by atoms with van der Waals surface area (Å²) in [4.78, 5) is 27.5. The molecule has 206 valence electrons. The third-order valence-electron chi connectivity index (χ3n) is 7.92. The number of hydrogen-bond acceptors (Lipinski definition) is 7. The van der Waals surface area contributed by atoms with Crippen molar-refractivity contribution < 1.29 is 9.53 Å². The average molecular weight is 530 g/mol. The van der Waals surface area contributed by atoms with Crippen molar-refractivity contribution in [2.24, 2.45) is 7.05 Å². The number of aromatic nitrogens is 4. The molecule has 0 radical (unpaired) electrons. The first-order chi connectivity index (χ1) is 18.7. The predicted octanol–water partition coefficient (Wildman–Crippen LogP) is 3.46. The van der Waals surface area contributed by atoms with Crippen LogP contribution in [0.15, 0.2) is 36.7 Å². The zero-order chi connectivity index (χ0) is 27.7. The van der Waals surface area contributed by atoms with Gasteiger partial charge in [0.25, 0.3) is 0 Å². The zero-order valence-electron chi connectivity index (χ0n) is 23.9. The fraction of sp³-hybridized carbons (Fsp3) is 0.467. The third-order valence-corrected chi connectivity index (χ3v) is 7.92. The van der Waals surface area contributed by atoms with E-state index in [0.29, 0.717) is 24.9 Å². The molecule has 9 heteroatoms. The second kappa shape index (κ2) is 11.3. The van der Waals surface area contributed by atoms with E-state index in [1.54, 1.807) is 4.68 Å². The molecule has 0 saturated carbocycles. The topological polar surface area (TPSA) is 88.4 Å². The van der Waals surface area contributed by atoms with E-state index in [4.69, 9.17) is 9.72 Å². The number of ether oxygens (including phenoxy) is 1. The van der Waals surface area contributed by atoms with Gasteiger partial charge in [0.05, 0.1) is 18.3 Å². The van der Waals surface area contributed by atoms with E-state index in [1.807, 2.05) is 52.3 Å².